The fraction of sp³-hybridized carbons (Fsp3) is 0.429. The van der Waals surface area contributed by atoms with Crippen LogP contribution in [-0.4, -0.2) is 52.0 Å². The Kier molecular flexibility index (Phi) is 6.37. The average molecular weight is 447 g/mol. The minimum atomic E-state index is -3.83. The summed E-state index contributed by atoms with van der Waals surface area (Å²) in [5.74, 6) is 9.65. The number of aliphatic hydroxyl groups excluding tert-OH is 1. The van der Waals surface area contributed by atoms with Crippen molar-refractivity contribution in [2.75, 3.05) is 12.9 Å². The summed E-state index contributed by atoms with van der Waals surface area (Å²) in [5.41, 5.74) is 1.90. The molecule has 164 valence electrons. The summed E-state index contributed by atoms with van der Waals surface area (Å²) in [7, 11) is -3.83. The van der Waals surface area contributed by atoms with Gasteiger partial charge in [-0.3, -0.25) is 14.7 Å². The highest BCUT2D eigenvalue weighted by Crippen LogP contribution is 2.36. The van der Waals surface area contributed by atoms with E-state index in [4.69, 9.17) is 10.3 Å². The number of carbonyl (C=O) groups is 1. The number of aromatic nitrogens is 2. The van der Waals surface area contributed by atoms with E-state index in [2.05, 4.69) is 28.8 Å². The number of rotatable bonds is 6. The number of aryl methyl sites for hydroxylation is 1. The molecule has 1 aliphatic carbocycles. The number of aliphatic hydroxyl groups is 1. The molecule has 1 aromatic heterocycles. The fourth-order valence-electron chi connectivity index (χ4n) is 3.07. The second-order valence-corrected chi connectivity index (χ2v) is 10.2. The molecule has 0 radical (unpaired) electrons. The van der Waals surface area contributed by atoms with Crippen molar-refractivity contribution >= 4 is 26.6 Å². The maximum absolute atomic E-state index is 14.3. The molecule has 1 amide bonds. The van der Waals surface area contributed by atoms with Gasteiger partial charge >= 0.3 is 0 Å². The van der Waals surface area contributed by atoms with Gasteiger partial charge in [-0.05, 0) is 49.5 Å². The van der Waals surface area contributed by atoms with E-state index >= 15 is 0 Å². The smallest absolute Gasteiger partial charge is 0.264 e. The number of sulfone groups is 1. The van der Waals surface area contributed by atoms with E-state index in [0.29, 0.717) is 10.9 Å². The number of hydroxylamine groups is 1. The van der Waals surface area contributed by atoms with Crippen molar-refractivity contribution in [3.8, 4) is 23.7 Å². The third-order valence-corrected chi connectivity index (χ3v) is 7.56. The molecule has 1 saturated carbocycles. The monoisotopic (exact) mass is 447 g/mol. The van der Waals surface area contributed by atoms with Gasteiger partial charge in [0.1, 0.15) is 5.82 Å². The number of nitrogens with zero attached hydrogens (tertiary/aromatic N) is 2. The number of nitrogens with one attached hydrogen (secondary N) is 1. The molecule has 2 aromatic rings. The molecule has 3 atom stereocenters. The maximum Gasteiger partial charge on any atom is 0.264 e. The van der Waals surface area contributed by atoms with Crippen molar-refractivity contribution in [2.45, 2.75) is 31.1 Å². The summed E-state index contributed by atoms with van der Waals surface area (Å²) >= 11 is 0. The molecule has 1 aromatic carbocycles. The van der Waals surface area contributed by atoms with Crippen LogP contribution >= 0.6 is 0 Å². The standard InChI is InChI=1S/C21H22FN3O5S/c1-21(20(27)24-28,31(2,29)30)7-8-25-12-16-10-15(18(22)11-19(16)23-25)6-4-3-5-14-9-17(14)13-26/h10-12,14,17,26,28H,7-9,13H2,1-2H3,(H,24,27)/t14-,17+,21?/m0/s1. The van der Waals surface area contributed by atoms with Gasteiger partial charge in [0.25, 0.3) is 5.91 Å². The van der Waals surface area contributed by atoms with Gasteiger partial charge in [0.05, 0.1) is 11.1 Å². The second-order valence-electron chi connectivity index (χ2n) is 7.78. The van der Waals surface area contributed by atoms with Gasteiger partial charge < -0.3 is 5.11 Å². The zero-order valence-electron chi connectivity index (χ0n) is 17.0. The van der Waals surface area contributed by atoms with Crippen LogP contribution in [0.5, 0.6) is 0 Å². The molecule has 10 heteroatoms. The lowest BCUT2D eigenvalue weighted by Crippen LogP contribution is -2.49. The number of benzene rings is 1. The molecule has 31 heavy (non-hydrogen) atoms. The van der Waals surface area contributed by atoms with Gasteiger partial charge in [-0.15, -0.1) is 0 Å². The highest BCUT2D eigenvalue weighted by Gasteiger charge is 2.43. The van der Waals surface area contributed by atoms with Crippen molar-refractivity contribution in [1.82, 2.24) is 15.3 Å². The first-order chi connectivity index (χ1) is 14.6. The maximum atomic E-state index is 14.3. The largest absolute Gasteiger partial charge is 0.396 e. The second kappa shape index (κ2) is 8.67. The first-order valence-electron chi connectivity index (χ1n) is 9.52. The van der Waals surface area contributed by atoms with Gasteiger partial charge in [0.2, 0.25) is 0 Å². The quantitative estimate of drug-likeness (QED) is 0.343. The van der Waals surface area contributed by atoms with Crippen molar-refractivity contribution < 1.29 is 27.9 Å². The Morgan fingerprint density at radius 3 is 2.77 bits per heavy atom. The van der Waals surface area contributed by atoms with Crippen molar-refractivity contribution in [1.29, 1.82) is 0 Å². The fourth-order valence-corrected chi connectivity index (χ4v) is 3.92. The minimum Gasteiger partial charge on any atom is -0.396 e. The molecule has 0 bridgehead atoms. The van der Waals surface area contributed by atoms with Crippen LogP contribution in [0.2, 0.25) is 0 Å². The summed E-state index contributed by atoms with van der Waals surface area (Å²) in [6.07, 6.45) is 3.22. The topological polar surface area (TPSA) is 122 Å². The lowest BCUT2D eigenvalue weighted by molar-refractivity contribution is -0.131. The third-order valence-electron chi connectivity index (χ3n) is 5.53. The van der Waals surface area contributed by atoms with Crippen molar-refractivity contribution in [3.63, 3.8) is 0 Å². The molecule has 0 aliphatic heterocycles. The first-order valence-corrected chi connectivity index (χ1v) is 11.4. The van der Waals surface area contributed by atoms with Crippen molar-refractivity contribution in [3.05, 3.63) is 29.7 Å². The van der Waals surface area contributed by atoms with Crippen LogP contribution < -0.4 is 5.48 Å². The molecule has 0 spiro atoms. The lowest BCUT2D eigenvalue weighted by atomic mass is 10.1. The first kappa shape index (κ1) is 22.8. The SMILES string of the molecule is CC(CCn1cc2cc(C#CC#C[C@H]3C[C@@H]3CO)c(F)cc2n1)(C(=O)NO)S(C)(=O)=O. The summed E-state index contributed by atoms with van der Waals surface area (Å²) in [5, 5.41) is 22.7. The van der Waals surface area contributed by atoms with Gasteiger partial charge in [-0.25, -0.2) is 18.3 Å². The van der Waals surface area contributed by atoms with E-state index in [1.807, 2.05) is 0 Å². The van der Waals surface area contributed by atoms with Crippen LogP contribution in [-0.2, 0) is 21.2 Å². The van der Waals surface area contributed by atoms with Crippen LogP contribution in [0.1, 0.15) is 25.3 Å². The number of amides is 1. The van der Waals surface area contributed by atoms with Gasteiger partial charge in [0, 0.05) is 43.0 Å². The summed E-state index contributed by atoms with van der Waals surface area (Å²) in [6.45, 7) is 1.37. The van der Waals surface area contributed by atoms with E-state index in [1.54, 1.807) is 6.20 Å². The zero-order valence-corrected chi connectivity index (χ0v) is 17.8. The Morgan fingerprint density at radius 2 is 2.16 bits per heavy atom. The highest BCUT2D eigenvalue weighted by atomic mass is 32.2. The summed E-state index contributed by atoms with van der Waals surface area (Å²) in [4.78, 5) is 11.9. The van der Waals surface area contributed by atoms with E-state index in [9.17, 15) is 17.6 Å². The van der Waals surface area contributed by atoms with Gasteiger partial charge in [0.15, 0.2) is 14.6 Å². The molecule has 3 N–H and O–H groups in total. The molecule has 0 saturated heterocycles. The third kappa shape index (κ3) is 4.88. The predicted octanol–water partition coefficient (Wildman–Crippen LogP) is 0.857. The van der Waals surface area contributed by atoms with Crippen LogP contribution in [0.15, 0.2) is 18.3 Å². The lowest BCUT2D eigenvalue weighted by Gasteiger charge is -2.24. The summed E-state index contributed by atoms with van der Waals surface area (Å²) in [6, 6.07) is 2.74. The van der Waals surface area contributed by atoms with Gasteiger partial charge in [-0.2, -0.15) is 5.10 Å². The Bertz CT molecular complexity index is 1250. The Labute approximate surface area is 179 Å². The molecule has 1 fully saturated rings. The number of fused-ring (bicyclic) bond motifs is 1. The molecular formula is C21H22FN3O5S. The Hall–Kier alpha value is -2.92. The van der Waals surface area contributed by atoms with E-state index in [-0.39, 0.29) is 37.0 Å². The number of carbonyl (C=O) groups excluding carboxylic acids is 1. The Morgan fingerprint density at radius 1 is 1.42 bits per heavy atom. The Balaban J connectivity index is 1.78. The van der Waals surface area contributed by atoms with E-state index in [1.165, 1.54) is 29.2 Å². The molecular weight excluding hydrogens is 425 g/mol. The zero-order chi connectivity index (χ0) is 22.8. The van der Waals surface area contributed by atoms with Crippen LogP contribution in [0.3, 0.4) is 0 Å². The van der Waals surface area contributed by atoms with E-state index < -0.39 is 26.3 Å². The van der Waals surface area contributed by atoms with Crippen molar-refractivity contribution in [2.24, 2.45) is 11.8 Å². The number of hydrogen-bond acceptors (Lipinski definition) is 6. The molecule has 1 unspecified atom stereocenters. The van der Waals surface area contributed by atoms with Crippen LogP contribution in [0, 0.1) is 41.3 Å². The normalized spacial score (nSPS) is 19.5. The predicted molar refractivity (Wildman–Crippen MR) is 111 cm³/mol. The number of halogens is 1. The van der Waals surface area contributed by atoms with Gasteiger partial charge in [-0.1, -0.05) is 5.92 Å². The number of hydrogen-bond donors (Lipinski definition) is 3. The van der Waals surface area contributed by atoms with Crippen LogP contribution in [0.25, 0.3) is 10.9 Å². The summed E-state index contributed by atoms with van der Waals surface area (Å²) < 4.78 is 38.0. The molecule has 1 aliphatic rings. The van der Waals surface area contributed by atoms with Crippen LogP contribution in [0.4, 0.5) is 4.39 Å². The minimum absolute atomic E-state index is 0.0488. The molecule has 3 rings (SSSR count). The average Bonchev–Trinajstić information content (AvgIpc) is 3.37. The molecule has 1 heterocycles. The highest BCUT2D eigenvalue weighted by molar-refractivity contribution is 7.92. The van der Waals surface area contributed by atoms with E-state index in [0.717, 1.165) is 12.7 Å². The molecule has 8 nitrogen and oxygen atoms in total.